The van der Waals surface area contributed by atoms with Crippen LogP contribution in [0.2, 0.25) is 0 Å². The first-order valence-corrected chi connectivity index (χ1v) is 23.8. The van der Waals surface area contributed by atoms with Crippen molar-refractivity contribution < 1.29 is 0 Å². The molecule has 0 bridgehead atoms. The van der Waals surface area contributed by atoms with E-state index in [1.165, 1.54) is 22.3 Å². The highest BCUT2D eigenvalue weighted by molar-refractivity contribution is 6.14. The Bertz CT molecular complexity index is 3930. The van der Waals surface area contributed by atoms with Crippen LogP contribution in [0.25, 0.3) is 116 Å². The van der Waals surface area contributed by atoms with Gasteiger partial charge in [0.2, 0.25) is 0 Å². The Hall–Kier alpha value is -8.92. The van der Waals surface area contributed by atoms with Crippen molar-refractivity contribution in [1.82, 2.24) is 24.1 Å². The van der Waals surface area contributed by atoms with Crippen molar-refractivity contribution in [3.05, 3.63) is 227 Å². The SMILES string of the molecule is [C-]#[N+]c1cc(-n2c3cc(-c4cccc(C)c4)ccc3c3ccc(-c4cccc(C)c4)cc32)c(-n2c3cc(-c4cccc(C)c4)ccc3c3ccc(-c4cccc(C)c4)cc32)cc1-c1nc(C)nc(C)n1. The fourth-order valence-corrected chi connectivity index (χ4v) is 10.5. The molecule has 0 saturated heterocycles. The fourth-order valence-electron chi connectivity index (χ4n) is 10.5. The van der Waals surface area contributed by atoms with Crippen molar-refractivity contribution in [3.63, 3.8) is 0 Å². The Morgan fingerprint density at radius 3 is 0.971 bits per heavy atom. The van der Waals surface area contributed by atoms with Crippen molar-refractivity contribution in [2.75, 3.05) is 0 Å². The van der Waals surface area contributed by atoms with Gasteiger partial charge in [-0.3, -0.25) is 0 Å². The van der Waals surface area contributed by atoms with Crippen LogP contribution >= 0.6 is 0 Å². The van der Waals surface area contributed by atoms with Crippen LogP contribution in [0.5, 0.6) is 0 Å². The van der Waals surface area contributed by atoms with E-state index in [1.807, 2.05) is 13.8 Å². The largest absolute Gasteiger partial charge is 0.308 e. The molecule has 6 nitrogen and oxygen atoms in total. The highest BCUT2D eigenvalue weighted by Gasteiger charge is 2.25. The minimum Gasteiger partial charge on any atom is -0.308 e. The lowest BCUT2D eigenvalue weighted by molar-refractivity contribution is 0.928. The van der Waals surface area contributed by atoms with Crippen LogP contribution in [-0.2, 0) is 0 Å². The molecule has 9 aromatic carbocycles. The number of aryl methyl sites for hydroxylation is 6. The highest BCUT2D eigenvalue weighted by atomic mass is 15.1. The van der Waals surface area contributed by atoms with Crippen LogP contribution in [-0.4, -0.2) is 24.1 Å². The minimum absolute atomic E-state index is 0.449. The molecule has 0 aliphatic heterocycles. The predicted octanol–water partition coefficient (Wildman–Crippen LogP) is 16.8. The summed E-state index contributed by atoms with van der Waals surface area (Å²) in [6.45, 7) is 21.2. The van der Waals surface area contributed by atoms with Crippen molar-refractivity contribution in [2.45, 2.75) is 41.5 Å². The summed E-state index contributed by atoms with van der Waals surface area (Å²) < 4.78 is 4.82. The number of aromatic nitrogens is 5. The van der Waals surface area contributed by atoms with E-state index in [4.69, 9.17) is 16.5 Å². The smallest absolute Gasteiger partial charge is 0.200 e. The number of benzene rings is 9. The van der Waals surface area contributed by atoms with E-state index in [1.54, 1.807) is 0 Å². The van der Waals surface area contributed by atoms with E-state index in [-0.39, 0.29) is 0 Å². The summed E-state index contributed by atoms with van der Waals surface area (Å²) >= 11 is 0. The molecule has 12 rings (SSSR count). The molecule has 334 valence electrons. The lowest BCUT2D eigenvalue weighted by atomic mass is 10.0. The summed E-state index contributed by atoms with van der Waals surface area (Å²) in [5.74, 6) is 1.67. The van der Waals surface area contributed by atoms with Crippen molar-refractivity contribution in [1.29, 1.82) is 0 Å². The van der Waals surface area contributed by atoms with Gasteiger partial charge in [0, 0.05) is 27.1 Å². The van der Waals surface area contributed by atoms with Gasteiger partial charge in [-0.05, 0) is 122 Å². The van der Waals surface area contributed by atoms with E-state index in [0.717, 1.165) is 99.5 Å². The van der Waals surface area contributed by atoms with Gasteiger partial charge < -0.3 is 9.13 Å². The maximum atomic E-state index is 8.85. The zero-order valence-corrected chi connectivity index (χ0v) is 40.0. The summed E-state index contributed by atoms with van der Waals surface area (Å²) in [6.07, 6.45) is 0. The summed E-state index contributed by atoms with van der Waals surface area (Å²) in [5.41, 5.74) is 20.8. The highest BCUT2D eigenvalue weighted by Crippen LogP contribution is 2.45. The Morgan fingerprint density at radius 1 is 0.343 bits per heavy atom. The predicted molar refractivity (Wildman–Crippen MR) is 290 cm³/mol. The maximum absolute atomic E-state index is 8.85. The second-order valence-electron chi connectivity index (χ2n) is 18.8. The number of hydrogen-bond acceptors (Lipinski definition) is 3. The van der Waals surface area contributed by atoms with Gasteiger partial charge >= 0.3 is 0 Å². The quantitative estimate of drug-likeness (QED) is 0.150. The van der Waals surface area contributed by atoms with E-state index >= 15 is 0 Å². The molecule has 3 aromatic heterocycles. The molecule has 0 atom stereocenters. The monoisotopic (exact) mass is 900 g/mol. The molecule has 0 spiro atoms. The van der Waals surface area contributed by atoms with Gasteiger partial charge in [-0.15, -0.1) is 0 Å². The van der Waals surface area contributed by atoms with E-state index in [0.29, 0.717) is 28.7 Å². The molecule has 0 aliphatic carbocycles. The lowest BCUT2D eigenvalue weighted by Gasteiger charge is -2.20. The van der Waals surface area contributed by atoms with Crippen molar-refractivity contribution in [2.24, 2.45) is 0 Å². The van der Waals surface area contributed by atoms with Crippen molar-refractivity contribution >= 4 is 49.3 Å². The molecule has 12 aromatic rings. The molecule has 0 amide bonds. The molecule has 0 aliphatic rings. The fraction of sp³-hybridized carbons (Fsp3) is 0.0938. The molecule has 0 saturated carbocycles. The molecule has 6 heteroatoms. The topological polar surface area (TPSA) is 52.9 Å². The van der Waals surface area contributed by atoms with E-state index < -0.39 is 0 Å². The van der Waals surface area contributed by atoms with Gasteiger partial charge in [0.05, 0.1) is 40.0 Å². The Labute approximate surface area is 407 Å². The zero-order valence-electron chi connectivity index (χ0n) is 40.0. The Balaban J connectivity index is 1.26. The summed E-state index contributed by atoms with van der Waals surface area (Å²) in [5, 5.41) is 4.50. The summed E-state index contributed by atoms with van der Waals surface area (Å²) in [7, 11) is 0. The molecule has 3 heterocycles. The zero-order chi connectivity index (χ0) is 47.8. The van der Waals surface area contributed by atoms with E-state index in [2.05, 4.69) is 229 Å². The molecule has 0 unspecified atom stereocenters. The average Bonchev–Trinajstić information content (AvgIpc) is 3.86. The minimum atomic E-state index is 0.449. The van der Waals surface area contributed by atoms with Crippen LogP contribution in [0.4, 0.5) is 5.69 Å². The van der Waals surface area contributed by atoms with Crippen LogP contribution in [0.15, 0.2) is 182 Å². The van der Waals surface area contributed by atoms with Crippen molar-refractivity contribution in [3.8, 4) is 67.3 Å². The van der Waals surface area contributed by atoms with Gasteiger partial charge in [0.25, 0.3) is 0 Å². The second kappa shape index (κ2) is 16.7. The van der Waals surface area contributed by atoms with Crippen LogP contribution in [0, 0.1) is 48.1 Å². The third-order valence-corrected chi connectivity index (χ3v) is 13.7. The molecule has 70 heavy (non-hydrogen) atoms. The van der Waals surface area contributed by atoms with Gasteiger partial charge in [-0.2, -0.15) is 0 Å². The average molecular weight is 901 g/mol. The molecular formula is C64H48N6. The number of hydrogen-bond donors (Lipinski definition) is 0. The summed E-state index contributed by atoms with van der Waals surface area (Å²) in [4.78, 5) is 18.6. The number of nitrogens with zero attached hydrogens (tertiary/aromatic N) is 6. The molecular weight excluding hydrogens is 853 g/mol. The van der Waals surface area contributed by atoms with Gasteiger partial charge in [-0.25, -0.2) is 19.8 Å². The van der Waals surface area contributed by atoms with Gasteiger partial charge in [0.15, 0.2) is 11.5 Å². The van der Waals surface area contributed by atoms with Crippen LogP contribution in [0.3, 0.4) is 0 Å². The maximum Gasteiger partial charge on any atom is 0.200 e. The first-order chi connectivity index (χ1) is 34.1. The van der Waals surface area contributed by atoms with Gasteiger partial charge in [-0.1, -0.05) is 168 Å². The summed E-state index contributed by atoms with van der Waals surface area (Å²) in [6, 6.07) is 66.4. The van der Waals surface area contributed by atoms with Gasteiger partial charge in [0.1, 0.15) is 11.6 Å². The third-order valence-electron chi connectivity index (χ3n) is 13.7. The Morgan fingerprint density at radius 2 is 0.657 bits per heavy atom. The van der Waals surface area contributed by atoms with E-state index in [9.17, 15) is 0 Å². The molecule has 0 N–H and O–H groups in total. The number of rotatable bonds is 7. The first-order valence-electron chi connectivity index (χ1n) is 23.8. The lowest BCUT2D eigenvalue weighted by Crippen LogP contribution is -2.06. The third kappa shape index (κ3) is 7.31. The standard InChI is InChI=1S/C64H48N6/c1-38-12-8-16-44(28-38)48-20-24-52-53-25-21-49(45-17-9-13-39(2)29-45)33-59(53)69(58(52)32-48)62-36-56(64-67-42(5)66-43(6)68-64)57(65-7)37-63(62)70-60-34-50(46-18-10-14-40(3)30-46)22-26-54(60)55-27-23-51(35-61(55)70)47-19-11-15-41(4)31-47/h8-37H,1-6H3. The molecule has 0 fully saturated rings. The normalized spacial score (nSPS) is 11.6. The van der Waals surface area contributed by atoms with Crippen LogP contribution < -0.4 is 0 Å². The first kappa shape index (κ1) is 42.4. The molecule has 0 radical (unpaired) electrons. The number of fused-ring (bicyclic) bond motifs is 6. The second-order valence-corrected chi connectivity index (χ2v) is 18.8. The Kier molecular flexibility index (Phi) is 10.1. The van der Waals surface area contributed by atoms with Crippen LogP contribution in [0.1, 0.15) is 33.9 Å².